The van der Waals surface area contributed by atoms with Crippen LogP contribution in [-0.4, -0.2) is 55.5 Å². The number of carboxylic acid groups (broad SMARTS) is 1. The van der Waals surface area contributed by atoms with Gasteiger partial charge in [0.2, 0.25) is 0 Å². The van der Waals surface area contributed by atoms with Crippen LogP contribution in [0.3, 0.4) is 0 Å². The highest BCUT2D eigenvalue weighted by Gasteiger charge is 2.39. The molecular weight excluding hydrogens is 294 g/mol. The fraction of sp³-hybridized carbons (Fsp3) is 0.462. The Morgan fingerprint density at radius 1 is 1.48 bits per heavy atom. The number of hydrogen-bond acceptors (Lipinski definition) is 5. The minimum absolute atomic E-state index is 0.0568. The molecule has 2 N–H and O–H groups in total. The summed E-state index contributed by atoms with van der Waals surface area (Å²) in [6, 6.07) is 0.783. The number of hydrogen-bond donors (Lipinski definition) is 2. The zero-order chi connectivity index (χ0) is 15.3. The summed E-state index contributed by atoms with van der Waals surface area (Å²) in [5.41, 5.74) is 0.832. The zero-order valence-corrected chi connectivity index (χ0v) is 12.4. The van der Waals surface area contributed by atoms with Crippen LogP contribution in [0.5, 0.6) is 0 Å². The molecule has 0 spiro atoms. The summed E-state index contributed by atoms with van der Waals surface area (Å²) in [4.78, 5) is 26.3. The molecule has 0 radical (unpaired) electrons. The van der Waals surface area contributed by atoms with Gasteiger partial charge < -0.3 is 15.1 Å². The number of amides is 1. The van der Waals surface area contributed by atoms with Crippen LogP contribution < -0.4 is 0 Å². The Balaban J connectivity index is 1.96. The molecule has 1 amide bonds. The highest BCUT2D eigenvalue weighted by molar-refractivity contribution is 7.20. The van der Waals surface area contributed by atoms with Crippen LogP contribution in [0, 0.1) is 6.92 Å². The summed E-state index contributed by atoms with van der Waals surface area (Å²) >= 11 is 1.29. The van der Waals surface area contributed by atoms with Crippen molar-refractivity contribution in [3.05, 3.63) is 16.6 Å². The number of rotatable bonds is 2. The van der Waals surface area contributed by atoms with E-state index in [1.165, 1.54) is 16.2 Å². The molecule has 0 unspecified atom stereocenters. The number of fused-ring (bicyclic) bond motifs is 1. The van der Waals surface area contributed by atoms with Crippen molar-refractivity contribution in [2.45, 2.75) is 25.5 Å². The Morgan fingerprint density at radius 2 is 2.19 bits per heavy atom. The maximum atomic E-state index is 12.5. The second-order valence-corrected chi connectivity index (χ2v) is 6.27. The number of carboxylic acids is 1. The number of aliphatic carboxylic acids is 1. The van der Waals surface area contributed by atoms with Gasteiger partial charge in [-0.05, 0) is 13.0 Å². The Bertz CT molecular complexity index is 701. The van der Waals surface area contributed by atoms with E-state index >= 15 is 0 Å². The van der Waals surface area contributed by atoms with Crippen LogP contribution in [0.4, 0.5) is 0 Å². The second-order valence-electron chi connectivity index (χ2n) is 5.24. The summed E-state index contributed by atoms with van der Waals surface area (Å²) < 4.78 is 1.71. The minimum Gasteiger partial charge on any atom is -0.480 e. The molecule has 0 bridgehead atoms. The van der Waals surface area contributed by atoms with E-state index in [2.05, 4.69) is 5.10 Å². The van der Waals surface area contributed by atoms with Gasteiger partial charge >= 0.3 is 5.97 Å². The van der Waals surface area contributed by atoms with Gasteiger partial charge in [0.25, 0.3) is 5.91 Å². The first kappa shape index (κ1) is 14.0. The predicted molar refractivity (Wildman–Crippen MR) is 76.4 cm³/mol. The van der Waals surface area contributed by atoms with Gasteiger partial charge in [-0.2, -0.15) is 5.10 Å². The van der Waals surface area contributed by atoms with Gasteiger partial charge in [-0.1, -0.05) is 0 Å². The highest BCUT2D eigenvalue weighted by Crippen LogP contribution is 2.30. The molecule has 0 saturated carbocycles. The number of aliphatic hydroxyl groups is 1. The SMILES string of the molecule is Cc1nn(C)c2sc(C(=O)N3C[C@H](O)C[C@@H]3C(=O)O)cc12. The standard InChI is InChI=1S/C13H15N3O4S/c1-6-8-4-10(21-12(8)15(2)14-6)11(18)16-5-7(17)3-9(16)13(19)20/h4,7,9,17H,3,5H2,1-2H3,(H,19,20)/t7-,9-/m1/s1. The molecule has 112 valence electrons. The van der Waals surface area contributed by atoms with Crippen molar-refractivity contribution in [1.29, 1.82) is 0 Å². The number of aliphatic hydroxyl groups excluding tert-OH is 1. The summed E-state index contributed by atoms with van der Waals surface area (Å²) in [5, 5.41) is 24.0. The summed E-state index contributed by atoms with van der Waals surface area (Å²) in [7, 11) is 1.81. The highest BCUT2D eigenvalue weighted by atomic mass is 32.1. The van der Waals surface area contributed by atoms with E-state index in [4.69, 9.17) is 5.11 Å². The number of aromatic nitrogens is 2. The van der Waals surface area contributed by atoms with Crippen molar-refractivity contribution in [3.8, 4) is 0 Å². The van der Waals surface area contributed by atoms with Crippen molar-refractivity contribution in [2.75, 3.05) is 6.54 Å². The fourth-order valence-corrected chi connectivity index (χ4v) is 3.80. The van der Waals surface area contributed by atoms with Crippen molar-refractivity contribution in [1.82, 2.24) is 14.7 Å². The number of carbonyl (C=O) groups is 2. The molecule has 0 aliphatic carbocycles. The zero-order valence-electron chi connectivity index (χ0n) is 11.6. The first-order chi connectivity index (χ1) is 9.88. The summed E-state index contributed by atoms with van der Waals surface area (Å²) in [5.74, 6) is -1.43. The summed E-state index contributed by atoms with van der Waals surface area (Å²) in [6.07, 6.45) is -0.708. The molecule has 8 heteroatoms. The number of likely N-dealkylation sites (tertiary alicyclic amines) is 1. The third kappa shape index (κ3) is 2.20. The molecule has 3 heterocycles. The van der Waals surface area contributed by atoms with Gasteiger partial charge in [0.1, 0.15) is 10.9 Å². The average molecular weight is 309 g/mol. The number of aryl methyl sites for hydroxylation is 2. The lowest BCUT2D eigenvalue weighted by molar-refractivity contribution is -0.141. The van der Waals surface area contributed by atoms with Crippen LogP contribution in [0.15, 0.2) is 6.07 Å². The molecular formula is C13H15N3O4S. The number of nitrogens with zero attached hydrogens (tertiary/aromatic N) is 3. The Labute approximate surface area is 124 Å². The van der Waals surface area contributed by atoms with Gasteiger partial charge in [-0.25, -0.2) is 4.79 Å². The van der Waals surface area contributed by atoms with Crippen molar-refractivity contribution in [3.63, 3.8) is 0 Å². The van der Waals surface area contributed by atoms with Crippen LogP contribution in [0.1, 0.15) is 21.8 Å². The number of thiophene rings is 1. The van der Waals surface area contributed by atoms with Gasteiger partial charge in [0, 0.05) is 25.4 Å². The van der Waals surface area contributed by atoms with E-state index in [0.717, 1.165) is 15.9 Å². The number of β-amino-alcohol motifs (C(OH)–C–C–N with tert-alkyl or cyclic N) is 1. The Morgan fingerprint density at radius 3 is 2.81 bits per heavy atom. The third-order valence-corrected chi connectivity index (χ3v) is 4.92. The molecule has 7 nitrogen and oxygen atoms in total. The molecule has 2 atom stereocenters. The maximum Gasteiger partial charge on any atom is 0.326 e. The maximum absolute atomic E-state index is 12.5. The molecule has 2 aromatic rings. The fourth-order valence-electron chi connectivity index (χ4n) is 2.72. The van der Waals surface area contributed by atoms with Gasteiger partial charge in [-0.3, -0.25) is 9.48 Å². The topological polar surface area (TPSA) is 95.7 Å². The molecule has 1 saturated heterocycles. The Kier molecular flexibility index (Phi) is 3.22. The molecule has 3 rings (SSSR count). The van der Waals surface area contributed by atoms with Crippen LogP contribution in [0.2, 0.25) is 0 Å². The molecule has 1 aliphatic heterocycles. The van der Waals surface area contributed by atoms with Crippen LogP contribution in [0.25, 0.3) is 10.2 Å². The molecule has 0 aromatic carbocycles. The lowest BCUT2D eigenvalue weighted by Crippen LogP contribution is -2.40. The first-order valence-electron chi connectivity index (χ1n) is 6.53. The second kappa shape index (κ2) is 4.81. The van der Waals surface area contributed by atoms with Crippen LogP contribution in [-0.2, 0) is 11.8 Å². The first-order valence-corrected chi connectivity index (χ1v) is 7.35. The van der Waals surface area contributed by atoms with Crippen LogP contribution >= 0.6 is 11.3 Å². The third-order valence-electron chi connectivity index (χ3n) is 3.73. The van der Waals surface area contributed by atoms with Crippen molar-refractivity contribution >= 4 is 33.4 Å². The average Bonchev–Trinajstić information content (AvgIpc) is 3.06. The van der Waals surface area contributed by atoms with Crippen molar-refractivity contribution < 1.29 is 19.8 Å². The quantitative estimate of drug-likeness (QED) is 0.847. The Hall–Kier alpha value is -1.93. The smallest absolute Gasteiger partial charge is 0.326 e. The van der Waals surface area contributed by atoms with Gasteiger partial charge in [0.15, 0.2) is 0 Å². The van der Waals surface area contributed by atoms with E-state index in [1.54, 1.807) is 17.8 Å². The van der Waals surface area contributed by atoms with E-state index < -0.39 is 18.1 Å². The van der Waals surface area contributed by atoms with E-state index in [-0.39, 0.29) is 18.9 Å². The largest absolute Gasteiger partial charge is 0.480 e. The van der Waals surface area contributed by atoms with E-state index in [1.807, 2.05) is 6.92 Å². The van der Waals surface area contributed by atoms with E-state index in [9.17, 15) is 14.7 Å². The monoisotopic (exact) mass is 309 g/mol. The molecule has 21 heavy (non-hydrogen) atoms. The molecule has 1 fully saturated rings. The molecule has 1 aliphatic rings. The minimum atomic E-state index is -1.08. The van der Waals surface area contributed by atoms with Gasteiger partial charge in [0.05, 0.1) is 16.7 Å². The number of carbonyl (C=O) groups excluding carboxylic acids is 1. The normalized spacial score (nSPS) is 22.1. The predicted octanol–water partition coefficient (Wildman–Crippen LogP) is 0.603. The van der Waals surface area contributed by atoms with Crippen molar-refractivity contribution in [2.24, 2.45) is 7.05 Å². The van der Waals surface area contributed by atoms with E-state index in [0.29, 0.717) is 4.88 Å². The molecule has 2 aromatic heterocycles. The van der Waals surface area contributed by atoms with Gasteiger partial charge in [-0.15, -0.1) is 11.3 Å². The summed E-state index contributed by atoms with van der Waals surface area (Å²) in [6.45, 7) is 1.92. The lowest BCUT2D eigenvalue weighted by atomic mass is 10.2. The lowest BCUT2D eigenvalue weighted by Gasteiger charge is -2.20.